The lowest BCUT2D eigenvalue weighted by atomic mass is 10.2. The minimum absolute atomic E-state index is 0.353. The van der Waals surface area contributed by atoms with Gasteiger partial charge in [-0.2, -0.15) is 0 Å². The Hall–Kier alpha value is -1.31. The second-order valence-corrected chi connectivity index (χ2v) is 6.06. The Bertz CT molecular complexity index is 517. The molecule has 20 heavy (non-hydrogen) atoms. The van der Waals surface area contributed by atoms with E-state index in [0.29, 0.717) is 37.7 Å². The Morgan fingerprint density at radius 2 is 2.00 bits per heavy atom. The van der Waals surface area contributed by atoms with Crippen LogP contribution in [-0.2, 0) is 16.6 Å². The molecular weight excluding hydrogens is 280 g/mol. The van der Waals surface area contributed by atoms with Gasteiger partial charge in [-0.3, -0.25) is 0 Å². The molecule has 0 atom stereocenters. The summed E-state index contributed by atoms with van der Waals surface area (Å²) in [5.41, 5.74) is 0.970. The van der Waals surface area contributed by atoms with Crippen LogP contribution in [0.3, 0.4) is 0 Å². The van der Waals surface area contributed by atoms with Crippen LogP contribution >= 0.6 is 0 Å². The number of rotatable bonds is 9. The maximum Gasteiger partial charge on any atom is 0.208 e. The first-order valence-corrected chi connectivity index (χ1v) is 8.31. The largest absolute Gasteiger partial charge is 0.493 e. The molecule has 0 heterocycles. The summed E-state index contributed by atoms with van der Waals surface area (Å²) < 4.78 is 35.1. The molecule has 0 saturated heterocycles. The summed E-state index contributed by atoms with van der Waals surface area (Å²) in [6.45, 7) is 3.96. The van der Waals surface area contributed by atoms with E-state index in [9.17, 15) is 8.42 Å². The van der Waals surface area contributed by atoms with Gasteiger partial charge in [0.2, 0.25) is 10.0 Å². The molecule has 0 radical (unpaired) electrons. The van der Waals surface area contributed by atoms with Gasteiger partial charge >= 0.3 is 0 Å². The number of ether oxygens (including phenoxy) is 2. The van der Waals surface area contributed by atoms with Crippen LogP contribution in [0.15, 0.2) is 18.2 Å². The molecule has 0 aromatic heterocycles. The Morgan fingerprint density at radius 1 is 1.25 bits per heavy atom. The minimum Gasteiger partial charge on any atom is -0.493 e. The lowest BCUT2D eigenvalue weighted by Crippen LogP contribution is -2.30. The minimum atomic E-state index is -3.13. The van der Waals surface area contributed by atoms with Crippen LogP contribution in [0.25, 0.3) is 0 Å². The molecule has 0 bridgehead atoms. The average Bonchev–Trinajstić information content (AvgIpc) is 2.37. The van der Waals surface area contributed by atoms with E-state index in [2.05, 4.69) is 10.0 Å². The summed E-state index contributed by atoms with van der Waals surface area (Å²) in [5.74, 6) is 1.42. The number of benzene rings is 1. The summed E-state index contributed by atoms with van der Waals surface area (Å²) >= 11 is 0. The van der Waals surface area contributed by atoms with E-state index in [1.54, 1.807) is 7.11 Å². The molecule has 7 heteroatoms. The van der Waals surface area contributed by atoms with Crippen LogP contribution < -0.4 is 19.5 Å². The highest BCUT2D eigenvalue weighted by molar-refractivity contribution is 7.88. The summed E-state index contributed by atoms with van der Waals surface area (Å²) in [6.07, 6.45) is 1.14. The number of hydrogen-bond acceptors (Lipinski definition) is 5. The molecule has 114 valence electrons. The van der Waals surface area contributed by atoms with Gasteiger partial charge in [0, 0.05) is 25.2 Å². The molecule has 0 spiro atoms. The van der Waals surface area contributed by atoms with Gasteiger partial charge in [-0.15, -0.1) is 0 Å². The summed E-state index contributed by atoms with van der Waals surface area (Å²) in [5, 5.41) is 3.16. The van der Waals surface area contributed by atoms with Crippen molar-refractivity contribution in [2.45, 2.75) is 13.5 Å². The van der Waals surface area contributed by atoms with E-state index in [-0.39, 0.29) is 0 Å². The van der Waals surface area contributed by atoms with Crippen molar-refractivity contribution in [3.05, 3.63) is 23.8 Å². The van der Waals surface area contributed by atoms with Gasteiger partial charge in [-0.05, 0) is 13.0 Å². The molecule has 1 aromatic rings. The zero-order valence-corrected chi connectivity index (χ0v) is 12.9. The molecule has 1 aromatic carbocycles. The van der Waals surface area contributed by atoms with Gasteiger partial charge in [-0.25, -0.2) is 13.1 Å². The average molecular weight is 302 g/mol. The van der Waals surface area contributed by atoms with Crippen molar-refractivity contribution in [3.8, 4) is 11.5 Å². The van der Waals surface area contributed by atoms with Crippen molar-refractivity contribution in [2.24, 2.45) is 0 Å². The third-order valence-electron chi connectivity index (χ3n) is 2.55. The van der Waals surface area contributed by atoms with E-state index in [1.807, 2.05) is 25.1 Å². The third kappa shape index (κ3) is 5.77. The number of para-hydroxylation sites is 1. The van der Waals surface area contributed by atoms with Crippen LogP contribution in [-0.4, -0.2) is 41.5 Å². The van der Waals surface area contributed by atoms with E-state index in [4.69, 9.17) is 9.47 Å². The predicted molar refractivity (Wildman–Crippen MR) is 78.7 cm³/mol. The zero-order chi connectivity index (χ0) is 15.0. The van der Waals surface area contributed by atoms with Gasteiger partial charge in [0.05, 0.1) is 20.0 Å². The van der Waals surface area contributed by atoms with Crippen molar-refractivity contribution in [3.63, 3.8) is 0 Å². The highest BCUT2D eigenvalue weighted by atomic mass is 32.2. The number of methoxy groups -OCH3 is 1. The van der Waals surface area contributed by atoms with Crippen LogP contribution in [0.4, 0.5) is 0 Å². The van der Waals surface area contributed by atoms with Gasteiger partial charge in [0.25, 0.3) is 0 Å². The molecule has 0 fully saturated rings. The molecular formula is C13H22N2O4S. The number of sulfonamides is 1. The summed E-state index contributed by atoms with van der Waals surface area (Å²) in [4.78, 5) is 0. The first-order chi connectivity index (χ1) is 9.48. The van der Waals surface area contributed by atoms with Crippen LogP contribution in [0.5, 0.6) is 11.5 Å². The lowest BCUT2D eigenvalue weighted by molar-refractivity contribution is 0.308. The molecule has 0 amide bonds. The van der Waals surface area contributed by atoms with E-state index >= 15 is 0 Å². The zero-order valence-electron chi connectivity index (χ0n) is 12.1. The molecule has 0 saturated carbocycles. The fourth-order valence-electron chi connectivity index (χ4n) is 1.75. The molecule has 0 unspecified atom stereocenters. The van der Waals surface area contributed by atoms with Crippen LogP contribution in [0.1, 0.15) is 12.5 Å². The van der Waals surface area contributed by atoms with Crippen molar-refractivity contribution < 1.29 is 17.9 Å². The Morgan fingerprint density at radius 3 is 2.60 bits per heavy atom. The molecule has 2 N–H and O–H groups in total. The Balaban J connectivity index is 2.53. The second-order valence-electron chi connectivity index (χ2n) is 4.22. The van der Waals surface area contributed by atoms with Crippen LogP contribution in [0, 0.1) is 0 Å². The van der Waals surface area contributed by atoms with Crippen molar-refractivity contribution in [1.29, 1.82) is 0 Å². The Labute approximate surface area is 120 Å². The molecule has 0 aliphatic rings. The normalized spacial score (nSPS) is 11.3. The number of hydrogen-bond donors (Lipinski definition) is 2. The summed E-state index contributed by atoms with van der Waals surface area (Å²) in [6, 6.07) is 5.70. The van der Waals surface area contributed by atoms with E-state index in [1.165, 1.54) is 0 Å². The third-order valence-corrected chi connectivity index (χ3v) is 3.27. The first-order valence-electron chi connectivity index (χ1n) is 6.42. The lowest BCUT2D eigenvalue weighted by Gasteiger charge is -2.14. The van der Waals surface area contributed by atoms with Crippen molar-refractivity contribution >= 4 is 10.0 Å². The van der Waals surface area contributed by atoms with Gasteiger partial charge in [0.1, 0.15) is 0 Å². The fourth-order valence-corrected chi connectivity index (χ4v) is 2.22. The van der Waals surface area contributed by atoms with Crippen molar-refractivity contribution in [2.75, 3.05) is 33.1 Å². The van der Waals surface area contributed by atoms with Crippen molar-refractivity contribution in [1.82, 2.24) is 10.0 Å². The summed E-state index contributed by atoms with van der Waals surface area (Å²) in [7, 11) is -1.53. The SMILES string of the molecule is CCOc1cccc(CNCCNS(C)(=O)=O)c1OC. The maximum atomic E-state index is 10.9. The monoisotopic (exact) mass is 302 g/mol. The molecule has 6 nitrogen and oxygen atoms in total. The molecule has 0 aliphatic heterocycles. The van der Waals surface area contributed by atoms with E-state index in [0.717, 1.165) is 11.8 Å². The fraction of sp³-hybridized carbons (Fsp3) is 0.538. The molecule has 0 aliphatic carbocycles. The number of nitrogens with one attached hydrogen (secondary N) is 2. The smallest absolute Gasteiger partial charge is 0.208 e. The molecule has 1 rings (SSSR count). The van der Waals surface area contributed by atoms with Crippen LogP contribution in [0.2, 0.25) is 0 Å². The standard InChI is InChI=1S/C13H22N2O4S/c1-4-19-12-7-5-6-11(13(12)18-2)10-14-8-9-15-20(3,16)17/h5-7,14-15H,4,8-10H2,1-3H3. The first kappa shape index (κ1) is 16.7. The maximum absolute atomic E-state index is 10.9. The topological polar surface area (TPSA) is 76.7 Å². The predicted octanol–water partition coefficient (Wildman–Crippen LogP) is 0.733. The van der Waals surface area contributed by atoms with Gasteiger partial charge < -0.3 is 14.8 Å². The van der Waals surface area contributed by atoms with Gasteiger partial charge in [0.15, 0.2) is 11.5 Å². The van der Waals surface area contributed by atoms with Gasteiger partial charge in [-0.1, -0.05) is 12.1 Å². The quantitative estimate of drug-likeness (QED) is 0.658. The highest BCUT2D eigenvalue weighted by Crippen LogP contribution is 2.30. The Kier molecular flexibility index (Phi) is 6.77. The second kappa shape index (κ2) is 8.08. The highest BCUT2D eigenvalue weighted by Gasteiger charge is 2.09. The van der Waals surface area contributed by atoms with E-state index < -0.39 is 10.0 Å².